The quantitative estimate of drug-likeness (QED) is 0.689. The van der Waals surface area contributed by atoms with Crippen molar-refractivity contribution in [2.75, 3.05) is 18.5 Å². The molecule has 0 aliphatic heterocycles. The Morgan fingerprint density at radius 1 is 1.33 bits per heavy atom. The lowest BCUT2D eigenvalue weighted by Gasteiger charge is -2.41. The maximum absolute atomic E-state index is 12.2. The van der Waals surface area contributed by atoms with Gasteiger partial charge in [-0.1, -0.05) is 24.6 Å². The number of carbonyl (C=O) groups is 1. The van der Waals surface area contributed by atoms with Crippen LogP contribution < -0.4 is 5.32 Å². The van der Waals surface area contributed by atoms with Crippen LogP contribution in [0.1, 0.15) is 43.8 Å². The molecule has 1 aliphatic carbocycles. The van der Waals surface area contributed by atoms with Crippen LogP contribution >= 0.6 is 11.3 Å². The number of nitrogens with one attached hydrogen (secondary N) is 1. The molecule has 1 aromatic heterocycles. The first kappa shape index (κ1) is 20.0. The summed E-state index contributed by atoms with van der Waals surface area (Å²) in [6.45, 7) is 5.98. The third-order valence-corrected chi connectivity index (χ3v) is 6.17. The number of rotatable bonds is 9. The number of aliphatic hydroxyl groups is 1. The molecule has 2 N–H and O–H groups in total. The number of nitrogens with zero attached hydrogens (tertiary/aromatic N) is 2. The zero-order valence-electron chi connectivity index (χ0n) is 16.1. The van der Waals surface area contributed by atoms with E-state index in [0.29, 0.717) is 6.54 Å². The molecule has 0 unspecified atom stereocenters. The van der Waals surface area contributed by atoms with Crippen LogP contribution in [-0.4, -0.2) is 39.6 Å². The summed E-state index contributed by atoms with van der Waals surface area (Å²) in [4.78, 5) is 19.2. The lowest BCUT2D eigenvalue weighted by Crippen LogP contribution is -2.49. The first-order chi connectivity index (χ1) is 13.0. The molecule has 1 aliphatic rings. The third-order valence-electron chi connectivity index (χ3n) is 5.27. The van der Waals surface area contributed by atoms with E-state index in [0.717, 1.165) is 28.9 Å². The van der Waals surface area contributed by atoms with Crippen molar-refractivity contribution in [2.45, 2.75) is 51.6 Å². The maximum atomic E-state index is 12.2. The van der Waals surface area contributed by atoms with E-state index in [1.807, 2.05) is 35.7 Å². The van der Waals surface area contributed by atoms with Gasteiger partial charge < -0.3 is 10.4 Å². The van der Waals surface area contributed by atoms with Crippen molar-refractivity contribution in [1.29, 1.82) is 0 Å². The van der Waals surface area contributed by atoms with Crippen LogP contribution in [-0.2, 0) is 17.8 Å². The van der Waals surface area contributed by atoms with E-state index in [1.165, 1.54) is 30.6 Å². The van der Waals surface area contributed by atoms with Gasteiger partial charge in [-0.05, 0) is 44.7 Å². The standard InChI is InChI=1S/C21H29N3O2S/c1-21(2,15-25)24(12-16-7-6-8-16)13-18-14-27-20(23-18)11-19(26)22-17-9-4-3-5-10-17/h3-5,9-10,14,16,25H,6-8,11-13,15H2,1-2H3,(H,22,26). The minimum Gasteiger partial charge on any atom is -0.394 e. The smallest absolute Gasteiger partial charge is 0.231 e. The number of amides is 1. The van der Waals surface area contributed by atoms with E-state index in [1.54, 1.807) is 0 Å². The van der Waals surface area contributed by atoms with Gasteiger partial charge in [0.15, 0.2) is 0 Å². The van der Waals surface area contributed by atoms with Gasteiger partial charge >= 0.3 is 0 Å². The summed E-state index contributed by atoms with van der Waals surface area (Å²) in [6.07, 6.45) is 4.15. The van der Waals surface area contributed by atoms with Gasteiger partial charge in [-0.15, -0.1) is 11.3 Å². The highest BCUT2D eigenvalue weighted by Crippen LogP contribution is 2.30. The fourth-order valence-electron chi connectivity index (χ4n) is 3.18. The Hall–Kier alpha value is -1.76. The molecule has 0 spiro atoms. The molecule has 1 fully saturated rings. The molecule has 27 heavy (non-hydrogen) atoms. The highest BCUT2D eigenvalue weighted by molar-refractivity contribution is 7.09. The van der Waals surface area contributed by atoms with Crippen molar-refractivity contribution in [2.24, 2.45) is 5.92 Å². The predicted molar refractivity (Wildman–Crippen MR) is 110 cm³/mol. The number of aliphatic hydroxyl groups excluding tert-OH is 1. The Kier molecular flexibility index (Phi) is 6.63. The molecule has 0 bridgehead atoms. The number of carbonyl (C=O) groups excluding carboxylic acids is 1. The SMILES string of the molecule is CC(C)(CO)N(Cc1csc(CC(=O)Nc2ccccc2)n1)CC1CCC1. The number of thiazole rings is 1. The molecule has 146 valence electrons. The number of para-hydroxylation sites is 1. The van der Waals surface area contributed by atoms with Crippen LogP contribution in [0.5, 0.6) is 0 Å². The molecule has 1 heterocycles. The van der Waals surface area contributed by atoms with Crippen molar-refractivity contribution in [3.63, 3.8) is 0 Å². The normalized spacial score (nSPS) is 15.0. The second-order valence-corrected chi connectivity index (χ2v) is 8.91. The fourth-order valence-corrected chi connectivity index (χ4v) is 3.96. The predicted octanol–water partition coefficient (Wildman–Crippen LogP) is 3.70. The van der Waals surface area contributed by atoms with Gasteiger partial charge in [0.25, 0.3) is 0 Å². The number of benzene rings is 1. The number of hydrogen-bond donors (Lipinski definition) is 2. The van der Waals surface area contributed by atoms with Gasteiger partial charge in [0, 0.05) is 29.7 Å². The third kappa shape index (κ3) is 5.61. The van der Waals surface area contributed by atoms with E-state index in [2.05, 4.69) is 29.0 Å². The largest absolute Gasteiger partial charge is 0.394 e. The molecule has 1 amide bonds. The van der Waals surface area contributed by atoms with Crippen LogP contribution in [0.3, 0.4) is 0 Å². The summed E-state index contributed by atoms with van der Waals surface area (Å²) in [5.41, 5.74) is 1.50. The summed E-state index contributed by atoms with van der Waals surface area (Å²) in [5.74, 6) is 0.676. The van der Waals surface area contributed by atoms with Crippen molar-refractivity contribution in [1.82, 2.24) is 9.88 Å². The second-order valence-electron chi connectivity index (χ2n) is 7.97. The van der Waals surface area contributed by atoms with Crippen LogP contribution in [0.4, 0.5) is 5.69 Å². The van der Waals surface area contributed by atoms with E-state index in [-0.39, 0.29) is 24.5 Å². The molecule has 2 aromatic rings. The summed E-state index contributed by atoms with van der Waals surface area (Å²) >= 11 is 1.53. The number of hydrogen-bond acceptors (Lipinski definition) is 5. The first-order valence-corrected chi connectivity index (χ1v) is 10.5. The summed E-state index contributed by atoms with van der Waals surface area (Å²) in [7, 11) is 0. The summed E-state index contributed by atoms with van der Waals surface area (Å²) in [6, 6.07) is 9.47. The van der Waals surface area contributed by atoms with Gasteiger partial charge in [0.05, 0.1) is 18.7 Å². The summed E-state index contributed by atoms with van der Waals surface area (Å²) in [5, 5.41) is 15.6. The molecule has 6 heteroatoms. The molecule has 1 saturated carbocycles. The molecule has 0 radical (unpaired) electrons. The zero-order valence-corrected chi connectivity index (χ0v) is 17.0. The van der Waals surface area contributed by atoms with Crippen LogP contribution in [0.2, 0.25) is 0 Å². The van der Waals surface area contributed by atoms with E-state index < -0.39 is 0 Å². The van der Waals surface area contributed by atoms with Crippen LogP contribution in [0.25, 0.3) is 0 Å². The average molecular weight is 388 g/mol. The second kappa shape index (κ2) is 8.95. The fraction of sp³-hybridized carbons (Fsp3) is 0.524. The van der Waals surface area contributed by atoms with Gasteiger partial charge in [-0.3, -0.25) is 9.69 Å². The Labute approximate surface area is 165 Å². The molecule has 0 saturated heterocycles. The lowest BCUT2D eigenvalue weighted by molar-refractivity contribution is -0.115. The highest BCUT2D eigenvalue weighted by atomic mass is 32.1. The summed E-state index contributed by atoms with van der Waals surface area (Å²) < 4.78 is 0. The lowest BCUT2D eigenvalue weighted by atomic mass is 9.84. The Morgan fingerprint density at radius 2 is 2.07 bits per heavy atom. The highest BCUT2D eigenvalue weighted by Gasteiger charge is 2.30. The molecular weight excluding hydrogens is 358 g/mol. The molecule has 3 rings (SSSR count). The van der Waals surface area contributed by atoms with E-state index in [9.17, 15) is 9.90 Å². The molecule has 0 atom stereocenters. The van der Waals surface area contributed by atoms with E-state index in [4.69, 9.17) is 0 Å². The van der Waals surface area contributed by atoms with Crippen molar-refractivity contribution >= 4 is 22.9 Å². The minimum absolute atomic E-state index is 0.0517. The van der Waals surface area contributed by atoms with Gasteiger partial charge in [0.1, 0.15) is 5.01 Å². The van der Waals surface area contributed by atoms with Gasteiger partial charge in [-0.2, -0.15) is 0 Å². The Balaban J connectivity index is 1.58. The first-order valence-electron chi connectivity index (χ1n) is 9.60. The Morgan fingerprint density at radius 3 is 2.70 bits per heavy atom. The number of aromatic nitrogens is 1. The monoisotopic (exact) mass is 387 g/mol. The topological polar surface area (TPSA) is 65.5 Å². The van der Waals surface area contributed by atoms with Crippen molar-refractivity contribution in [3.8, 4) is 0 Å². The zero-order chi connectivity index (χ0) is 19.3. The van der Waals surface area contributed by atoms with Gasteiger partial charge in [0.2, 0.25) is 5.91 Å². The number of anilines is 1. The maximum Gasteiger partial charge on any atom is 0.231 e. The Bertz CT molecular complexity index is 741. The molecule has 1 aromatic carbocycles. The molecular formula is C21H29N3O2S. The minimum atomic E-state index is -0.274. The van der Waals surface area contributed by atoms with Gasteiger partial charge in [-0.25, -0.2) is 4.98 Å². The average Bonchev–Trinajstić information content (AvgIpc) is 3.04. The van der Waals surface area contributed by atoms with E-state index >= 15 is 0 Å². The van der Waals surface area contributed by atoms with Crippen molar-refractivity contribution < 1.29 is 9.90 Å². The van der Waals surface area contributed by atoms with Crippen molar-refractivity contribution in [3.05, 3.63) is 46.4 Å². The van der Waals surface area contributed by atoms with Crippen LogP contribution in [0.15, 0.2) is 35.7 Å². The van der Waals surface area contributed by atoms with Crippen LogP contribution in [0, 0.1) is 5.92 Å². The molecule has 5 nitrogen and oxygen atoms in total.